The number of carbonyl (C=O) groups is 5. The van der Waals surface area contributed by atoms with E-state index in [0.717, 1.165) is 9.80 Å². The quantitative estimate of drug-likeness (QED) is 0.163. The van der Waals surface area contributed by atoms with E-state index in [4.69, 9.17) is 27.9 Å². The number of para-hydroxylation sites is 1. The number of ketones is 1. The van der Waals surface area contributed by atoms with Crippen molar-refractivity contribution < 1.29 is 33.8 Å². The van der Waals surface area contributed by atoms with Crippen molar-refractivity contribution >= 4 is 74.2 Å². The van der Waals surface area contributed by atoms with E-state index in [2.05, 4.69) is 15.9 Å². The molecule has 6 atom stereocenters. The number of ether oxygens (including phenoxy) is 1. The Morgan fingerprint density at radius 1 is 1.05 bits per heavy atom. The van der Waals surface area contributed by atoms with E-state index in [1.165, 1.54) is 14.0 Å². The van der Waals surface area contributed by atoms with E-state index in [0.29, 0.717) is 16.8 Å². The van der Waals surface area contributed by atoms with Crippen LogP contribution in [0, 0.1) is 17.8 Å². The summed E-state index contributed by atoms with van der Waals surface area (Å²) >= 11 is 17.6. The average molecular weight is 676 g/mol. The van der Waals surface area contributed by atoms with Gasteiger partial charge in [-0.2, -0.15) is 0 Å². The lowest BCUT2D eigenvalue weighted by Gasteiger charge is -2.50. The predicted octanol–water partition coefficient (Wildman–Crippen LogP) is 4.52. The molecular weight excluding hydrogens is 651 g/mol. The number of imide groups is 2. The van der Waals surface area contributed by atoms with Crippen LogP contribution in [0.25, 0.3) is 0 Å². The second-order valence-corrected chi connectivity index (χ2v) is 12.7. The lowest BCUT2D eigenvalue weighted by molar-refractivity contribution is -0.138. The molecule has 2 aromatic carbocycles. The van der Waals surface area contributed by atoms with E-state index in [1.54, 1.807) is 48.5 Å². The minimum Gasteiger partial charge on any atom is -0.504 e. The molecule has 1 N–H and O–H groups in total. The van der Waals surface area contributed by atoms with Crippen LogP contribution >= 0.6 is 39.1 Å². The number of methoxy groups -OCH3 is 1. The fourth-order valence-electron chi connectivity index (χ4n) is 7.14. The second-order valence-electron chi connectivity index (χ2n) is 11.0. The zero-order chi connectivity index (χ0) is 30.3. The molecule has 1 saturated carbocycles. The van der Waals surface area contributed by atoms with E-state index in [9.17, 15) is 29.1 Å². The minimum atomic E-state index is -2.04. The van der Waals surface area contributed by atoms with Crippen molar-refractivity contribution in [3.8, 4) is 11.5 Å². The van der Waals surface area contributed by atoms with Gasteiger partial charge in [-0.05, 0) is 56.0 Å². The Balaban J connectivity index is 1.51. The number of hydrogen-bond acceptors (Lipinski definition) is 7. The molecule has 2 aliphatic carbocycles. The van der Waals surface area contributed by atoms with Gasteiger partial charge in [0.25, 0.3) is 11.8 Å². The largest absolute Gasteiger partial charge is 0.504 e. The fraction of sp³-hybridized carbons (Fsp3) is 0.367. The zero-order valence-electron chi connectivity index (χ0n) is 22.5. The van der Waals surface area contributed by atoms with E-state index < -0.39 is 57.0 Å². The van der Waals surface area contributed by atoms with Crippen molar-refractivity contribution in [2.45, 2.75) is 35.4 Å². The first-order valence-electron chi connectivity index (χ1n) is 13.3. The molecule has 4 amide bonds. The summed E-state index contributed by atoms with van der Waals surface area (Å²) in [5.74, 6) is -6.09. The minimum absolute atomic E-state index is 0.130. The summed E-state index contributed by atoms with van der Waals surface area (Å²) in [5.41, 5.74) is 1.39. The Hall–Kier alpha value is -3.21. The lowest BCUT2D eigenvalue weighted by atomic mass is 9.56. The highest BCUT2D eigenvalue weighted by atomic mass is 79.9. The Morgan fingerprint density at radius 2 is 1.74 bits per heavy atom. The van der Waals surface area contributed by atoms with Gasteiger partial charge in [0, 0.05) is 17.0 Å². The second kappa shape index (κ2) is 9.92. The monoisotopic (exact) mass is 674 g/mol. The van der Waals surface area contributed by atoms with Crippen LogP contribution in [-0.2, 0) is 19.2 Å². The molecule has 2 aliphatic heterocycles. The third-order valence-electron chi connectivity index (χ3n) is 9.11. The molecule has 3 fully saturated rings. The third kappa shape index (κ3) is 3.64. The van der Waals surface area contributed by atoms with Crippen molar-refractivity contribution in [1.82, 2.24) is 4.90 Å². The Kier molecular flexibility index (Phi) is 6.83. The number of likely N-dealkylation sites (tertiary alicyclic amines) is 1. The number of anilines is 1. The summed E-state index contributed by atoms with van der Waals surface area (Å²) in [6.07, 6.45) is 1.80. The van der Waals surface area contributed by atoms with Crippen LogP contribution in [0.15, 0.2) is 54.1 Å². The molecule has 0 unspecified atom stereocenters. The summed E-state index contributed by atoms with van der Waals surface area (Å²) in [6.45, 7) is 1.42. The molecule has 9 nitrogen and oxygen atoms in total. The number of halogens is 3. The van der Waals surface area contributed by atoms with E-state index in [-0.39, 0.29) is 41.1 Å². The summed E-state index contributed by atoms with van der Waals surface area (Å²) < 4.78 is 5.32. The number of aromatic hydroxyl groups is 1. The topological polar surface area (TPSA) is 121 Å². The van der Waals surface area contributed by atoms with Crippen LogP contribution in [0.1, 0.15) is 41.6 Å². The van der Waals surface area contributed by atoms with Gasteiger partial charge in [-0.25, -0.2) is 0 Å². The number of nitrogens with zero attached hydrogens (tertiary/aromatic N) is 2. The van der Waals surface area contributed by atoms with E-state index in [1.807, 2.05) is 0 Å². The Labute approximate surface area is 259 Å². The van der Waals surface area contributed by atoms with Crippen LogP contribution in [-0.4, -0.2) is 61.7 Å². The lowest BCUT2D eigenvalue weighted by Crippen LogP contribution is -2.60. The molecule has 42 heavy (non-hydrogen) atoms. The van der Waals surface area contributed by atoms with Crippen molar-refractivity contribution in [3.05, 3.63) is 65.2 Å². The molecule has 12 heteroatoms. The van der Waals surface area contributed by atoms with Gasteiger partial charge < -0.3 is 9.84 Å². The molecule has 0 spiro atoms. The Morgan fingerprint density at radius 3 is 2.36 bits per heavy atom. The highest BCUT2D eigenvalue weighted by Gasteiger charge is 2.76. The summed E-state index contributed by atoms with van der Waals surface area (Å²) in [5, 5.41) is 11.2. The molecule has 4 aliphatic rings. The molecule has 6 rings (SSSR count). The van der Waals surface area contributed by atoms with Gasteiger partial charge in [0.15, 0.2) is 27.0 Å². The standard InChI is InChI=1S/C30H25BrCl2N2O7/c1-14(36)15-6-8-16(9-7-15)35-25(38)18-11-10-17-20(22(18)26(35)39)12-29(32)27(40)34(13-31)28(41)30(29,33)23(17)19-4-3-5-21(42-2)24(19)37/h3-10,18,20,22-23,37H,11-13H2,1-2H3/t18-,20+,22-,23+,29+,30-/m0/s1. The van der Waals surface area contributed by atoms with Crippen LogP contribution in [0.2, 0.25) is 0 Å². The molecule has 0 radical (unpaired) electrons. The maximum atomic E-state index is 14.1. The number of alkyl halides is 3. The van der Waals surface area contributed by atoms with Crippen molar-refractivity contribution in [3.63, 3.8) is 0 Å². The third-order valence-corrected chi connectivity index (χ3v) is 11.0. The number of benzene rings is 2. The number of carbonyl (C=O) groups excluding carboxylic acids is 5. The van der Waals surface area contributed by atoms with Crippen LogP contribution in [0.3, 0.4) is 0 Å². The molecule has 218 valence electrons. The van der Waals surface area contributed by atoms with Gasteiger partial charge in [-0.1, -0.05) is 39.7 Å². The molecule has 2 aromatic rings. The number of phenolic OH excluding ortho intramolecular Hbond substituents is 1. The molecule has 2 saturated heterocycles. The van der Waals surface area contributed by atoms with Gasteiger partial charge in [-0.3, -0.25) is 33.8 Å². The normalized spacial score (nSPS) is 32.0. The first-order valence-corrected chi connectivity index (χ1v) is 15.1. The van der Waals surface area contributed by atoms with Gasteiger partial charge >= 0.3 is 0 Å². The first kappa shape index (κ1) is 28.9. The van der Waals surface area contributed by atoms with Gasteiger partial charge in [-0.15, -0.1) is 23.2 Å². The summed E-state index contributed by atoms with van der Waals surface area (Å²) in [4.78, 5) is 65.1. The van der Waals surface area contributed by atoms with E-state index >= 15 is 0 Å². The Bertz CT molecular complexity index is 1610. The number of Topliss-reactive ketones (excluding diaryl/α,β-unsaturated/α-hetero) is 1. The highest BCUT2D eigenvalue weighted by Crippen LogP contribution is 2.66. The highest BCUT2D eigenvalue weighted by molar-refractivity contribution is 9.09. The summed E-state index contributed by atoms with van der Waals surface area (Å²) in [7, 11) is 1.38. The molecule has 0 aromatic heterocycles. The number of amides is 4. The maximum absolute atomic E-state index is 14.1. The molecule has 0 bridgehead atoms. The van der Waals surface area contributed by atoms with Crippen LogP contribution in [0.5, 0.6) is 11.5 Å². The van der Waals surface area contributed by atoms with Crippen LogP contribution < -0.4 is 9.64 Å². The van der Waals surface area contributed by atoms with Crippen molar-refractivity contribution in [2.75, 3.05) is 17.5 Å². The summed E-state index contributed by atoms with van der Waals surface area (Å²) in [6, 6.07) is 11.0. The maximum Gasteiger partial charge on any atom is 0.254 e. The predicted molar refractivity (Wildman–Crippen MR) is 157 cm³/mol. The SMILES string of the molecule is COc1cccc([C@H]2C3=CC[C@@H]4C(=O)N(c5ccc(C(C)=O)cc5)C(=O)[C@@H]4[C@@H]3C[C@@]3(Cl)C(=O)N(CBr)C(=O)[C@@]23Cl)c1O. The first-order chi connectivity index (χ1) is 19.9. The molecule has 2 heterocycles. The van der Waals surface area contributed by atoms with Crippen molar-refractivity contribution in [2.24, 2.45) is 17.8 Å². The van der Waals surface area contributed by atoms with Gasteiger partial charge in [0.2, 0.25) is 11.8 Å². The number of phenols is 1. The smallest absolute Gasteiger partial charge is 0.254 e. The zero-order valence-corrected chi connectivity index (χ0v) is 25.6. The molecular formula is C30H25BrCl2N2O7. The number of fused-ring (bicyclic) bond motifs is 4. The fourth-order valence-corrected chi connectivity index (χ4v) is 8.55. The average Bonchev–Trinajstić information content (AvgIpc) is 3.31. The van der Waals surface area contributed by atoms with Crippen LogP contribution in [0.4, 0.5) is 5.69 Å². The van der Waals surface area contributed by atoms with Gasteiger partial charge in [0.1, 0.15) is 0 Å². The number of allylic oxidation sites excluding steroid dienone is 2. The van der Waals surface area contributed by atoms with Gasteiger partial charge in [0.05, 0.1) is 30.1 Å². The van der Waals surface area contributed by atoms with Crippen molar-refractivity contribution in [1.29, 1.82) is 0 Å². The number of hydrogen-bond donors (Lipinski definition) is 1. The number of rotatable bonds is 5.